The Bertz CT molecular complexity index is 1840. The Morgan fingerprint density at radius 3 is 2.67 bits per heavy atom. The van der Waals surface area contributed by atoms with Gasteiger partial charge in [0, 0.05) is 86.6 Å². The predicted octanol–water partition coefficient (Wildman–Crippen LogP) is 4.27. The number of ketones is 1. The van der Waals surface area contributed by atoms with Gasteiger partial charge in [-0.25, -0.2) is 9.78 Å². The monoisotopic (exact) mass is 620 g/mol. The van der Waals surface area contributed by atoms with Gasteiger partial charge < -0.3 is 35.1 Å². The second-order valence-electron chi connectivity index (χ2n) is 12.1. The van der Waals surface area contributed by atoms with E-state index in [0.29, 0.717) is 22.7 Å². The molecule has 2 saturated heterocycles. The SMILES string of the molecule is CN(C(=O)C1CCN(c2ccnc3c2c(C=C2Oc4ccc(NC(=O)Nc5cccnc5)cc4C2=O)cn3C)CC1)[C@@H]1CCNC1. The van der Waals surface area contributed by atoms with Crippen LogP contribution in [0.25, 0.3) is 17.1 Å². The van der Waals surface area contributed by atoms with Crippen LogP contribution in [0.2, 0.25) is 0 Å². The number of nitrogens with one attached hydrogen (secondary N) is 3. The van der Waals surface area contributed by atoms with Crippen molar-refractivity contribution >= 4 is 51.9 Å². The number of likely N-dealkylation sites (N-methyl/N-ethyl adjacent to an activating group) is 1. The first-order valence-electron chi connectivity index (χ1n) is 15.6. The summed E-state index contributed by atoms with van der Waals surface area (Å²) in [7, 11) is 3.87. The zero-order valence-electron chi connectivity index (χ0n) is 25.8. The number of aromatic nitrogens is 3. The molecule has 3 amide bonds. The fraction of sp³-hybridized carbons (Fsp3) is 0.324. The smallest absolute Gasteiger partial charge is 0.323 e. The zero-order chi connectivity index (χ0) is 31.8. The molecule has 4 aromatic rings. The average molecular weight is 621 g/mol. The van der Waals surface area contributed by atoms with E-state index in [-0.39, 0.29) is 29.4 Å². The summed E-state index contributed by atoms with van der Waals surface area (Å²) in [6, 6.07) is 10.3. The highest BCUT2D eigenvalue weighted by atomic mass is 16.5. The summed E-state index contributed by atoms with van der Waals surface area (Å²) in [6.07, 6.45) is 11.2. The van der Waals surface area contributed by atoms with Crippen molar-refractivity contribution in [1.29, 1.82) is 0 Å². The molecule has 3 N–H and O–H groups in total. The third-order valence-corrected chi connectivity index (χ3v) is 9.11. The van der Waals surface area contributed by atoms with E-state index in [0.717, 1.165) is 67.7 Å². The molecule has 0 radical (unpaired) electrons. The first-order chi connectivity index (χ1) is 22.4. The number of aryl methyl sites for hydroxylation is 1. The van der Waals surface area contributed by atoms with Crippen molar-refractivity contribution in [3.8, 4) is 5.75 Å². The first-order valence-corrected chi connectivity index (χ1v) is 15.6. The molecule has 2 fully saturated rings. The van der Waals surface area contributed by atoms with E-state index in [2.05, 4.69) is 30.8 Å². The second-order valence-corrected chi connectivity index (χ2v) is 12.1. The summed E-state index contributed by atoms with van der Waals surface area (Å²) in [4.78, 5) is 52.1. The van der Waals surface area contributed by atoms with Crippen LogP contribution in [0.15, 0.2) is 66.9 Å². The van der Waals surface area contributed by atoms with Crippen LogP contribution in [0.4, 0.5) is 21.9 Å². The summed E-state index contributed by atoms with van der Waals surface area (Å²) in [5, 5.41) is 9.75. The van der Waals surface area contributed by atoms with Gasteiger partial charge in [0.05, 0.1) is 17.4 Å². The number of carbonyl (C=O) groups is 3. The van der Waals surface area contributed by atoms with Gasteiger partial charge in [-0.3, -0.25) is 14.6 Å². The molecule has 0 aliphatic carbocycles. The van der Waals surface area contributed by atoms with E-state index >= 15 is 0 Å². The quantitative estimate of drug-likeness (QED) is 0.272. The summed E-state index contributed by atoms with van der Waals surface area (Å²) in [5.74, 6) is 0.610. The van der Waals surface area contributed by atoms with Crippen LogP contribution in [0, 0.1) is 5.92 Å². The molecule has 1 aromatic carbocycles. The number of Topliss-reactive ketones (excluding diaryl/α,β-unsaturated/α-hetero) is 1. The highest BCUT2D eigenvalue weighted by Crippen LogP contribution is 2.37. The lowest BCUT2D eigenvalue weighted by Gasteiger charge is -2.36. The van der Waals surface area contributed by atoms with Gasteiger partial charge in [0.25, 0.3) is 0 Å². The topological polar surface area (TPSA) is 134 Å². The number of urea groups is 1. The third kappa shape index (κ3) is 5.67. The van der Waals surface area contributed by atoms with Crippen molar-refractivity contribution < 1.29 is 19.1 Å². The molecule has 0 bridgehead atoms. The van der Waals surface area contributed by atoms with Crippen molar-refractivity contribution in [2.75, 3.05) is 48.8 Å². The lowest BCUT2D eigenvalue weighted by Crippen LogP contribution is -2.45. The Morgan fingerprint density at radius 1 is 1.09 bits per heavy atom. The number of ether oxygens (including phenoxy) is 1. The number of pyridine rings is 2. The number of anilines is 3. The largest absolute Gasteiger partial charge is 0.452 e. The van der Waals surface area contributed by atoms with Crippen LogP contribution in [0.5, 0.6) is 5.75 Å². The average Bonchev–Trinajstić information content (AvgIpc) is 3.80. The Hall–Kier alpha value is -5.23. The lowest BCUT2D eigenvalue weighted by atomic mass is 9.94. The number of allylic oxidation sites excluding steroid dienone is 1. The van der Waals surface area contributed by atoms with Crippen LogP contribution in [0.1, 0.15) is 35.2 Å². The fourth-order valence-electron chi connectivity index (χ4n) is 6.64. The molecule has 3 aromatic heterocycles. The molecular formula is C34H36N8O4. The number of piperidine rings is 1. The molecule has 236 valence electrons. The summed E-state index contributed by atoms with van der Waals surface area (Å²) in [6.45, 7) is 3.33. The minimum Gasteiger partial charge on any atom is -0.452 e. The van der Waals surface area contributed by atoms with Crippen molar-refractivity contribution in [3.05, 3.63) is 78.1 Å². The number of fused-ring (bicyclic) bond motifs is 2. The van der Waals surface area contributed by atoms with Crippen LogP contribution in [-0.4, -0.2) is 76.4 Å². The molecule has 1 atom stereocenters. The molecule has 0 unspecified atom stereocenters. The molecule has 0 spiro atoms. The summed E-state index contributed by atoms with van der Waals surface area (Å²) in [5.41, 5.74) is 4.02. The zero-order valence-corrected chi connectivity index (χ0v) is 25.8. The normalized spacial score (nSPS) is 18.9. The number of nitrogens with zero attached hydrogens (tertiary/aromatic N) is 5. The van der Waals surface area contributed by atoms with Gasteiger partial charge in [-0.1, -0.05) is 0 Å². The number of carbonyl (C=O) groups excluding carboxylic acids is 3. The molecule has 3 aliphatic rings. The van der Waals surface area contributed by atoms with E-state index < -0.39 is 6.03 Å². The van der Waals surface area contributed by atoms with Crippen molar-refractivity contribution in [3.63, 3.8) is 0 Å². The van der Waals surface area contributed by atoms with E-state index in [9.17, 15) is 14.4 Å². The van der Waals surface area contributed by atoms with Crippen LogP contribution >= 0.6 is 0 Å². The Balaban J connectivity index is 1.08. The maximum atomic E-state index is 13.5. The van der Waals surface area contributed by atoms with Crippen molar-refractivity contribution in [2.24, 2.45) is 13.0 Å². The Kier molecular flexibility index (Phi) is 7.87. The van der Waals surface area contributed by atoms with Crippen molar-refractivity contribution in [2.45, 2.75) is 25.3 Å². The van der Waals surface area contributed by atoms with Crippen LogP contribution in [0.3, 0.4) is 0 Å². The number of rotatable bonds is 6. The molecule has 0 saturated carbocycles. The lowest BCUT2D eigenvalue weighted by molar-refractivity contribution is -0.136. The Labute approximate surface area is 266 Å². The van der Waals surface area contributed by atoms with Gasteiger partial charge >= 0.3 is 6.03 Å². The summed E-state index contributed by atoms with van der Waals surface area (Å²) >= 11 is 0. The van der Waals surface area contributed by atoms with E-state index in [1.165, 1.54) is 0 Å². The van der Waals surface area contributed by atoms with Crippen LogP contribution in [-0.2, 0) is 11.8 Å². The van der Waals surface area contributed by atoms with Gasteiger partial charge in [0.15, 0.2) is 5.76 Å². The number of hydrogen-bond acceptors (Lipinski definition) is 8. The van der Waals surface area contributed by atoms with Gasteiger partial charge in [-0.05, 0) is 68.3 Å². The molecule has 12 nitrogen and oxygen atoms in total. The maximum Gasteiger partial charge on any atom is 0.323 e. The van der Waals surface area contributed by atoms with E-state index in [4.69, 9.17) is 4.74 Å². The molecule has 12 heteroatoms. The highest BCUT2D eigenvalue weighted by Gasteiger charge is 2.33. The van der Waals surface area contributed by atoms with E-state index in [1.807, 2.05) is 35.8 Å². The molecule has 7 rings (SSSR count). The molecule has 3 aliphatic heterocycles. The summed E-state index contributed by atoms with van der Waals surface area (Å²) < 4.78 is 7.96. The third-order valence-electron chi connectivity index (χ3n) is 9.11. The standard InChI is InChI=1S/C34H36N8O4/c1-40-20-22(16-29-31(43)26-17-23(5-6-28(26)46-29)38-34(45)39-24-4-3-11-35-18-24)30-27(8-13-37-32(30)40)42-14-9-21(10-15-42)33(44)41(2)25-7-12-36-19-25/h3-6,8,11,13,16-18,20-21,25,36H,7,9-10,12,14-15,19H2,1-2H3,(H2,38,39,45)/t25-/m1/s1. The molecule has 6 heterocycles. The van der Waals surface area contributed by atoms with E-state index in [1.54, 1.807) is 55.0 Å². The van der Waals surface area contributed by atoms with Gasteiger partial charge in [-0.2, -0.15) is 0 Å². The Morgan fingerprint density at radius 2 is 1.91 bits per heavy atom. The molecular weight excluding hydrogens is 584 g/mol. The fourth-order valence-corrected chi connectivity index (χ4v) is 6.64. The number of benzene rings is 1. The van der Waals surface area contributed by atoms with Gasteiger partial charge in [-0.15, -0.1) is 0 Å². The number of amides is 3. The maximum absolute atomic E-state index is 13.5. The van der Waals surface area contributed by atoms with Crippen LogP contribution < -0.4 is 25.6 Å². The first kappa shape index (κ1) is 29.5. The van der Waals surface area contributed by atoms with Gasteiger partial charge in [0.2, 0.25) is 11.7 Å². The second kappa shape index (κ2) is 12.3. The predicted molar refractivity (Wildman–Crippen MR) is 176 cm³/mol. The number of hydrogen-bond donors (Lipinski definition) is 3. The minimum absolute atomic E-state index is 0.0142. The van der Waals surface area contributed by atoms with Crippen molar-refractivity contribution in [1.82, 2.24) is 24.8 Å². The molecule has 46 heavy (non-hydrogen) atoms. The minimum atomic E-state index is -0.447. The van der Waals surface area contributed by atoms with Gasteiger partial charge in [0.1, 0.15) is 11.4 Å². The highest BCUT2D eigenvalue weighted by molar-refractivity contribution is 6.16.